The summed E-state index contributed by atoms with van der Waals surface area (Å²) in [6.07, 6.45) is -5.60. The van der Waals surface area contributed by atoms with Crippen LogP contribution in [0.15, 0.2) is 46.1 Å². The quantitative estimate of drug-likeness (QED) is 0.203. The number of carbonyl (C=O) groups excluding carboxylic acids is 1. The molecule has 3 rings (SSSR count). The highest BCUT2D eigenvalue weighted by atomic mass is 31.2. The van der Waals surface area contributed by atoms with Crippen LogP contribution in [0, 0.1) is 0 Å². The third kappa shape index (κ3) is 6.52. The largest absolute Gasteiger partial charge is 0.502 e. The zero-order valence-corrected chi connectivity index (χ0v) is 22.3. The first-order valence-corrected chi connectivity index (χ1v) is 13.3. The fourth-order valence-electron chi connectivity index (χ4n) is 3.80. The van der Waals surface area contributed by atoms with Crippen molar-refractivity contribution < 1.29 is 43.2 Å². The second-order valence-corrected chi connectivity index (χ2v) is 11.0. The molecular formula is C23H32N3O11P. The van der Waals surface area contributed by atoms with E-state index in [0.717, 1.165) is 6.20 Å². The fourth-order valence-corrected chi connectivity index (χ4v) is 5.50. The standard InChI is InChI=1S/C23H32N3O11P/c1-12(2)34-20(30)13(3)25-38(33,37-15-9-7-6-8-10-15)36-14(4)17-18(28)23(5,32)21(35-17)26-11-16(27)19(29)24-22(26)31/h6-14,17-18,21,27-28,32H,1-5H3,(H,25,33)(H,24,29,31). The van der Waals surface area contributed by atoms with Gasteiger partial charge in [0, 0.05) is 0 Å². The van der Waals surface area contributed by atoms with E-state index in [1.807, 2.05) is 4.98 Å². The average molecular weight is 557 g/mol. The summed E-state index contributed by atoms with van der Waals surface area (Å²) in [6.45, 7) is 7.25. The monoisotopic (exact) mass is 557 g/mol. The van der Waals surface area contributed by atoms with Crippen molar-refractivity contribution in [3.63, 3.8) is 0 Å². The van der Waals surface area contributed by atoms with Crippen molar-refractivity contribution >= 4 is 13.7 Å². The van der Waals surface area contributed by atoms with Crippen LogP contribution in [-0.4, -0.2) is 66.9 Å². The number of nitrogens with one attached hydrogen (secondary N) is 2. The van der Waals surface area contributed by atoms with Gasteiger partial charge in [-0.1, -0.05) is 18.2 Å². The van der Waals surface area contributed by atoms with E-state index in [0.29, 0.717) is 4.57 Å². The zero-order chi connectivity index (χ0) is 28.4. The molecular weight excluding hydrogens is 525 g/mol. The number of esters is 1. The average Bonchev–Trinajstić information content (AvgIpc) is 3.05. The topological polar surface area (TPSA) is 199 Å². The van der Waals surface area contributed by atoms with Gasteiger partial charge in [-0.05, 0) is 46.8 Å². The molecule has 5 N–H and O–H groups in total. The maximum absolute atomic E-state index is 13.8. The minimum atomic E-state index is -4.37. The van der Waals surface area contributed by atoms with Gasteiger partial charge in [-0.3, -0.25) is 23.7 Å². The molecule has 0 saturated carbocycles. The molecule has 38 heavy (non-hydrogen) atoms. The fraction of sp³-hybridized carbons (Fsp3) is 0.522. The van der Waals surface area contributed by atoms with Gasteiger partial charge in [-0.15, -0.1) is 0 Å². The summed E-state index contributed by atoms with van der Waals surface area (Å²) in [6, 6.07) is 6.85. The van der Waals surface area contributed by atoms with E-state index < -0.39 is 73.0 Å². The number of H-pyrrole nitrogens is 1. The van der Waals surface area contributed by atoms with Crippen molar-refractivity contribution in [2.24, 2.45) is 0 Å². The summed E-state index contributed by atoms with van der Waals surface area (Å²) in [5.74, 6) is -1.39. The molecule has 1 saturated heterocycles. The summed E-state index contributed by atoms with van der Waals surface area (Å²) in [7, 11) is -4.37. The summed E-state index contributed by atoms with van der Waals surface area (Å²) < 4.78 is 36.7. The zero-order valence-electron chi connectivity index (χ0n) is 21.4. The lowest BCUT2D eigenvalue weighted by atomic mass is 9.94. The number of ether oxygens (including phenoxy) is 2. The van der Waals surface area contributed by atoms with Crippen molar-refractivity contribution in [1.29, 1.82) is 0 Å². The van der Waals surface area contributed by atoms with Crippen LogP contribution in [0.2, 0.25) is 0 Å². The van der Waals surface area contributed by atoms with E-state index in [-0.39, 0.29) is 5.75 Å². The highest BCUT2D eigenvalue weighted by molar-refractivity contribution is 7.52. The summed E-state index contributed by atoms with van der Waals surface area (Å²) in [5.41, 5.74) is -4.19. The number of hydrogen-bond donors (Lipinski definition) is 5. The predicted molar refractivity (Wildman–Crippen MR) is 133 cm³/mol. The van der Waals surface area contributed by atoms with Gasteiger partial charge in [0.25, 0.3) is 5.56 Å². The maximum Gasteiger partial charge on any atom is 0.459 e. The van der Waals surface area contributed by atoms with Crippen molar-refractivity contribution in [2.45, 2.75) is 76.9 Å². The van der Waals surface area contributed by atoms with Crippen LogP contribution in [0.1, 0.15) is 40.8 Å². The number of aromatic hydroxyl groups is 1. The van der Waals surface area contributed by atoms with Gasteiger partial charge < -0.3 is 29.3 Å². The first-order chi connectivity index (χ1) is 17.6. The molecule has 15 heteroatoms. The third-order valence-electron chi connectivity index (χ3n) is 5.69. The number of carbonyl (C=O) groups is 1. The van der Waals surface area contributed by atoms with E-state index in [2.05, 4.69) is 5.09 Å². The van der Waals surface area contributed by atoms with E-state index in [9.17, 15) is 34.3 Å². The van der Waals surface area contributed by atoms with Crippen LogP contribution < -0.4 is 20.9 Å². The molecule has 0 bridgehead atoms. The van der Waals surface area contributed by atoms with Gasteiger partial charge in [0.2, 0.25) is 0 Å². The summed E-state index contributed by atoms with van der Waals surface area (Å²) in [4.78, 5) is 38.1. The van der Waals surface area contributed by atoms with Crippen molar-refractivity contribution in [1.82, 2.24) is 14.6 Å². The minimum Gasteiger partial charge on any atom is -0.502 e. The smallest absolute Gasteiger partial charge is 0.459 e. The Kier molecular flexibility index (Phi) is 8.86. The molecule has 210 valence electrons. The Morgan fingerprint density at radius 1 is 1.21 bits per heavy atom. The Bertz CT molecular complexity index is 1290. The van der Waals surface area contributed by atoms with Gasteiger partial charge >= 0.3 is 19.4 Å². The molecule has 14 nitrogen and oxygen atoms in total. The third-order valence-corrected chi connectivity index (χ3v) is 7.46. The molecule has 1 aliphatic rings. The minimum absolute atomic E-state index is 0.146. The Morgan fingerprint density at radius 3 is 2.45 bits per heavy atom. The molecule has 1 aromatic heterocycles. The molecule has 2 heterocycles. The Morgan fingerprint density at radius 2 is 1.84 bits per heavy atom. The van der Waals surface area contributed by atoms with E-state index in [1.54, 1.807) is 32.0 Å². The van der Waals surface area contributed by atoms with Crippen LogP contribution >= 0.6 is 7.75 Å². The number of rotatable bonds is 10. The van der Waals surface area contributed by atoms with Gasteiger partial charge in [0.05, 0.1) is 18.4 Å². The van der Waals surface area contributed by atoms with Gasteiger partial charge in [0.15, 0.2) is 12.0 Å². The van der Waals surface area contributed by atoms with Gasteiger partial charge in [0.1, 0.15) is 29.6 Å². The molecule has 1 fully saturated rings. The molecule has 2 aromatic rings. The van der Waals surface area contributed by atoms with Crippen molar-refractivity contribution in [2.75, 3.05) is 0 Å². The van der Waals surface area contributed by atoms with Crippen LogP contribution in [0.3, 0.4) is 0 Å². The van der Waals surface area contributed by atoms with E-state index in [1.165, 1.54) is 32.9 Å². The van der Waals surface area contributed by atoms with Gasteiger partial charge in [-0.25, -0.2) is 9.36 Å². The molecule has 0 spiro atoms. The predicted octanol–water partition coefficient (Wildman–Crippen LogP) is 0.773. The van der Waals surface area contributed by atoms with E-state index >= 15 is 0 Å². The molecule has 1 aromatic carbocycles. The van der Waals surface area contributed by atoms with Crippen LogP contribution in [0.25, 0.3) is 0 Å². The van der Waals surface area contributed by atoms with Crippen LogP contribution in [-0.2, 0) is 23.4 Å². The van der Waals surface area contributed by atoms with Crippen LogP contribution in [0.4, 0.5) is 0 Å². The number of aliphatic hydroxyl groups excluding tert-OH is 1. The molecule has 0 amide bonds. The number of para-hydroxylation sites is 1. The first kappa shape index (κ1) is 29.6. The maximum atomic E-state index is 13.8. The van der Waals surface area contributed by atoms with Gasteiger partial charge in [-0.2, -0.15) is 5.09 Å². The van der Waals surface area contributed by atoms with Crippen LogP contribution in [0.5, 0.6) is 11.5 Å². The lowest BCUT2D eigenvalue weighted by Crippen LogP contribution is -2.48. The number of benzene rings is 1. The Hall–Kier alpha value is -3.00. The van der Waals surface area contributed by atoms with Crippen molar-refractivity contribution in [3.05, 3.63) is 57.4 Å². The van der Waals surface area contributed by atoms with E-state index in [4.69, 9.17) is 18.5 Å². The highest BCUT2D eigenvalue weighted by Gasteiger charge is 2.56. The molecule has 0 aliphatic carbocycles. The number of hydrogen-bond acceptors (Lipinski definition) is 11. The Labute approximate surface area is 217 Å². The molecule has 0 radical (unpaired) electrons. The second-order valence-electron chi connectivity index (χ2n) is 9.35. The number of nitrogens with zero attached hydrogens (tertiary/aromatic N) is 1. The SMILES string of the molecule is CC(C)OC(=O)C(C)NP(=O)(Oc1ccccc1)OC(C)C1OC(n2cc(O)c(=O)[nH]c2=O)C(C)(O)C1O. The molecule has 7 unspecified atom stereocenters. The normalized spacial score (nSPS) is 26.5. The van der Waals surface area contributed by atoms with Crippen molar-refractivity contribution in [3.8, 4) is 11.5 Å². The second kappa shape index (κ2) is 11.4. The lowest BCUT2D eigenvalue weighted by Gasteiger charge is -2.29. The summed E-state index contributed by atoms with van der Waals surface area (Å²) >= 11 is 0. The number of aromatic nitrogens is 2. The molecule has 7 atom stereocenters. The number of aromatic amines is 1. The highest BCUT2D eigenvalue weighted by Crippen LogP contribution is 2.49. The Balaban J connectivity index is 1.88. The number of aliphatic hydroxyl groups is 2. The summed E-state index contributed by atoms with van der Waals surface area (Å²) in [5, 5.41) is 34.1. The first-order valence-electron chi connectivity index (χ1n) is 11.8. The lowest BCUT2D eigenvalue weighted by molar-refractivity contribution is -0.149. The molecule has 1 aliphatic heterocycles.